The van der Waals surface area contributed by atoms with E-state index in [0.717, 1.165) is 31.9 Å². The lowest BCUT2D eigenvalue weighted by atomic mass is 10.1. The summed E-state index contributed by atoms with van der Waals surface area (Å²) in [6.07, 6.45) is 5.82. The summed E-state index contributed by atoms with van der Waals surface area (Å²) in [5.41, 5.74) is 0. The molecule has 1 saturated heterocycles. The Morgan fingerprint density at radius 1 is 1.39 bits per heavy atom. The van der Waals surface area contributed by atoms with Crippen molar-refractivity contribution in [1.82, 2.24) is 35.5 Å². The molecule has 1 atom stereocenters. The lowest BCUT2D eigenvalue weighted by molar-refractivity contribution is -0.122. The van der Waals surface area contributed by atoms with Gasteiger partial charge in [-0.2, -0.15) is 0 Å². The van der Waals surface area contributed by atoms with Crippen molar-refractivity contribution in [1.29, 1.82) is 0 Å². The van der Waals surface area contributed by atoms with Crippen LogP contribution in [-0.2, 0) is 11.3 Å². The van der Waals surface area contributed by atoms with Crippen LogP contribution in [0.1, 0.15) is 25.1 Å². The van der Waals surface area contributed by atoms with Gasteiger partial charge >= 0.3 is 0 Å². The van der Waals surface area contributed by atoms with Gasteiger partial charge in [-0.3, -0.25) is 4.79 Å². The summed E-state index contributed by atoms with van der Waals surface area (Å²) in [6.45, 7) is 3.96. The molecule has 9 nitrogen and oxygen atoms in total. The van der Waals surface area contributed by atoms with Crippen LogP contribution in [0.5, 0.6) is 0 Å². The molecule has 1 aliphatic heterocycles. The van der Waals surface area contributed by atoms with E-state index in [1.165, 1.54) is 0 Å². The fourth-order valence-corrected chi connectivity index (χ4v) is 2.69. The van der Waals surface area contributed by atoms with E-state index in [2.05, 4.69) is 35.7 Å². The van der Waals surface area contributed by atoms with E-state index in [0.29, 0.717) is 18.8 Å². The number of hydrogen-bond donors (Lipinski definition) is 1. The number of nitrogens with zero attached hydrogens (tertiary/aromatic N) is 7. The van der Waals surface area contributed by atoms with Gasteiger partial charge in [-0.05, 0) is 36.3 Å². The van der Waals surface area contributed by atoms with Crippen LogP contribution < -0.4 is 10.2 Å². The molecule has 1 fully saturated rings. The fraction of sp³-hybridized carbons (Fsp3) is 0.571. The van der Waals surface area contributed by atoms with Gasteiger partial charge < -0.3 is 10.2 Å². The van der Waals surface area contributed by atoms with Gasteiger partial charge in [0.2, 0.25) is 11.9 Å². The number of aryl methyl sites for hydroxylation is 2. The molecule has 23 heavy (non-hydrogen) atoms. The lowest BCUT2D eigenvalue weighted by Gasteiger charge is -2.33. The average Bonchev–Trinajstić information content (AvgIpc) is 2.99. The Labute approximate surface area is 134 Å². The third kappa shape index (κ3) is 3.99. The topological polar surface area (TPSA) is 102 Å². The summed E-state index contributed by atoms with van der Waals surface area (Å²) in [5, 5.41) is 14.3. The highest BCUT2D eigenvalue weighted by molar-refractivity contribution is 5.76. The molecule has 0 unspecified atom stereocenters. The van der Waals surface area contributed by atoms with Crippen molar-refractivity contribution in [2.24, 2.45) is 0 Å². The first-order valence-electron chi connectivity index (χ1n) is 7.76. The maximum absolute atomic E-state index is 12.1. The molecule has 0 bridgehead atoms. The first-order chi connectivity index (χ1) is 11.2. The maximum atomic E-state index is 12.1. The molecule has 0 saturated carbocycles. The zero-order valence-electron chi connectivity index (χ0n) is 13.1. The molecule has 1 aliphatic rings. The number of anilines is 1. The van der Waals surface area contributed by atoms with E-state index in [4.69, 9.17) is 0 Å². The van der Waals surface area contributed by atoms with Crippen LogP contribution in [0.3, 0.4) is 0 Å². The lowest BCUT2D eigenvalue weighted by Crippen LogP contribution is -2.48. The Morgan fingerprint density at radius 2 is 2.22 bits per heavy atom. The van der Waals surface area contributed by atoms with Crippen LogP contribution in [0.4, 0.5) is 5.95 Å². The second-order valence-electron chi connectivity index (χ2n) is 5.60. The van der Waals surface area contributed by atoms with Gasteiger partial charge in [0.25, 0.3) is 0 Å². The van der Waals surface area contributed by atoms with Gasteiger partial charge in [0, 0.05) is 37.9 Å². The normalized spacial score (nSPS) is 18.0. The predicted octanol–water partition coefficient (Wildman–Crippen LogP) is -0.0532. The minimum absolute atomic E-state index is 0.0146. The van der Waals surface area contributed by atoms with Crippen molar-refractivity contribution >= 4 is 11.9 Å². The zero-order valence-corrected chi connectivity index (χ0v) is 13.1. The predicted molar refractivity (Wildman–Crippen MR) is 82.6 cm³/mol. The number of aromatic nitrogens is 6. The monoisotopic (exact) mass is 316 g/mol. The van der Waals surface area contributed by atoms with Gasteiger partial charge in [0.05, 0.1) is 6.54 Å². The molecule has 3 heterocycles. The number of carbonyl (C=O) groups is 1. The van der Waals surface area contributed by atoms with Gasteiger partial charge in [0.1, 0.15) is 5.82 Å². The molecule has 2 aromatic heterocycles. The van der Waals surface area contributed by atoms with Crippen LogP contribution in [0.15, 0.2) is 18.5 Å². The Balaban J connectivity index is 1.49. The molecule has 3 rings (SSSR count). The van der Waals surface area contributed by atoms with Crippen LogP contribution in [0, 0.1) is 6.92 Å². The van der Waals surface area contributed by atoms with Gasteiger partial charge in [-0.15, -0.1) is 5.10 Å². The van der Waals surface area contributed by atoms with Crippen molar-refractivity contribution in [2.75, 3.05) is 18.0 Å². The summed E-state index contributed by atoms with van der Waals surface area (Å²) < 4.78 is 1.63. The van der Waals surface area contributed by atoms with Crippen molar-refractivity contribution in [2.45, 2.75) is 38.8 Å². The second-order valence-corrected chi connectivity index (χ2v) is 5.60. The van der Waals surface area contributed by atoms with Crippen LogP contribution in [0.2, 0.25) is 0 Å². The largest absolute Gasteiger partial charge is 0.352 e. The van der Waals surface area contributed by atoms with Crippen molar-refractivity contribution in [3.8, 4) is 0 Å². The number of amides is 1. The number of carbonyl (C=O) groups excluding carboxylic acids is 1. The summed E-state index contributed by atoms with van der Waals surface area (Å²) in [7, 11) is 0. The van der Waals surface area contributed by atoms with Crippen molar-refractivity contribution in [3.05, 3.63) is 24.3 Å². The maximum Gasteiger partial charge on any atom is 0.225 e. The van der Waals surface area contributed by atoms with Gasteiger partial charge in [-0.25, -0.2) is 14.6 Å². The molecule has 122 valence electrons. The number of tetrazole rings is 1. The Morgan fingerprint density at radius 3 is 2.96 bits per heavy atom. The van der Waals surface area contributed by atoms with Gasteiger partial charge in [-0.1, -0.05) is 0 Å². The molecule has 0 spiro atoms. The Bertz CT molecular complexity index is 643. The first-order valence-corrected chi connectivity index (χ1v) is 7.76. The fourth-order valence-electron chi connectivity index (χ4n) is 2.69. The van der Waals surface area contributed by atoms with E-state index in [1.807, 2.05) is 6.92 Å². The van der Waals surface area contributed by atoms with Crippen LogP contribution >= 0.6 is 0 Å². The van der Waals surface area contributed by atoms with E-state index >= 15 is 0 Å². The molecule has 1 N–H and O–H groups in total. The zero-order chi connectivity index (χ0) is 16.1. The minimum Gasteiger partial charge on any atom is -0.352 e. The molecule has 0 radical (unpaired) electrons. The van der Waals surface area contributed by atoms with Crippen LogP contribution in [-0.4, -0.2) is 55.2 Å². The van der Waals surface area contributed by atoms with E-state index in [9.17, 15) is 4.79 Å². The summed E-state index contributed by atoms with van der Waals surface area (Å²) >= 11 is 0. The molecule has 0 aromatic carbocycles. The number of nitrogens with one attached hydrogen (secondary N) is 1. The minimum atomic E-state index is 0.0146. The third-order valence-corrected chi connectivity index (χ3v) is 3.88. The molecule has 0 aliphatic carbocycles. The Kier molecular flexibility index (Phi) is 4.74. The molecular formula is C14H20N8O. The highest BCUT2D eigenvalue weighted by atomic mass is 16.1. The van der Waals surface area contributed by atoms with E-state index < -0.39 is 0 Å². The first kappa shape index (κ1) is 15.3. The molecule has 1 amide bonds. The number of hydrogen-bond acceptors (Lipinski definition) is 7. The summed E-state index contributed by atoms with van der Waals surface area (Å²) in [5.74, 6) is 1.44. The standard InChI is InChI=1S/C14H20N8O/c1-11-18-19-20-22(11)9-5-13(23)17-12-4-2-8-21(10-12)14-15-6-3-7-16-14/h3,6-7,12H,2,4-5,8-10H2,1H3,(H,17,23)/t12-/m1/s1. The molecule has 9 heteroatoms. The average molecular weight is 316 g/mol. The number of piperidine rings is 1. The molecular weight excluding hydrogens is 296 g/mol. The highest BCUT2D eigenvalue weighted by Gasteiger charge is 2.22. The van der Waals surface area contributed by atoms with Crippen LogP contribution in [0.25, 0.3) is 0 Å². The Hall–Kier alpha value is -2.58. The summed E-state index contributed by atoms with van der Waals surface area (Å²) in [4.78, 5) is 22.8. The number of rotatable bonds is 5. The van der Waals surface area contributed by atoms with Crippen molar-refractivity contribution in [3.63, 3.8) is 0 Å². The van der Waals surface area contributed by atoms with Gasteiger partial charge in [0.15, 0.2) is 0 Å². The highest BCUT2D eigenvalue weighted by Crippen LogP contribution is 2.15. The third-order valence-electron chi connectivity index (χ3n) is 3.88. The second kappa shape index (κ2) is 7.12. The van der Waals surface area contributed by atoms with E-state index in [1.54, 1.807) is 23.1 Å². The van der Waals surface area contributed by atoms with Crippen molar-refractivity contribution < 1.29 is 4.79 Å². The smallest absolute Gasteiger partial charge is 0.225 e. The van der Waals surface area contributed by atoms with E-state index in [-0.39, 0.29) is 11.9 Å². The quantitative estimate of drug-likeness (QED) is 0.825. The SMILES string of the molecule is Cc1nnnn1CCC(=O)N[C@@H]1CCCN(c2ncccn2)C1. The molecule has 2 aromatic rings. The summed E-state index contributed by atoms with van der Waals surface area (Å²) in [6, 6.07) is 1.92.